The summed E-state index contributed by atoms with van der Waals surface area (Å²) in [5.74, 6) is 2.25. The normalized spacial score (nSPS) is 11.3. The summed E-state index contributed by atoms with van der Waals surface area (Å²) in [5.41, 5.74) is 2.30. The quantitative estimate of drug-likeness (QED) is 0.539. The number of benzene rings is 2. The highest BCUT2D eigenvalue weighted by molar-refractivity contribution is 6.17. The molecule has 0 aliphatic heterocycles. The Morgan fingerprint density at radius 2 is 1.29 bits per heavy atom. The van der Waals surface area contributed by atoms with Crippen LogP contribution in [0.25, 0.3) is 0 Å². The van der Waals surface area contributed by atoms with E-state index < -0.39 is 0 Å². The zero-order valence-corrected chi connectivity index (χ0v) is 15.1. The van der Waals surface area contributed by atoms with Gasteiger partial charge in [-0.1, -0.05) is 38.1 Å². The van der Waals surface area contributed by atoms with Gasteiger partial charge in [0, 0.05) is 11.3 Å². The maximum atomic E-state index is 8.81. The summed E-state index contributed by atoms with van der Waals surface area (Å²) < 4.78 is 11.1. The van der Waals surface area contributed by atoms with E-state index >= 15 is 0 Å². The van der Waals surface area contributed by atoms with Crippen LogP contribution in [0, 0.1) is 0 Å². The Balaban J connectivity index is 2.08. The summed E-state index contributed by atoms with van der Waals surface area (Å²) in [5, 5.41) is 8.81. The second-order valence-electron chi connectivity index (χ2n) is 6.14. The summed E-state index contributed by atoms with van der Waals surface area (Å²) >= 11 is 5.66. The minimum absolute atomic E-state index is 0.0204. The van der Waals surface area contributed by atoms with Gasteiger partial charge in [-0.25, -0.2) is 0 Å². The molecule has 0 amide bonds. The van der Waals surface area contributed by atoms with Crippen molar-refractivity contribution in [3.8, 4) is 11.5 Å². The SMILES string of the molecule is CC(C)(c1ccc(OCCO)cc1)c1ccc(OCCCCl)cc1. The van der Waals surface area contributed by atoms with E-state index in [4.69, 9.17) is 26.2 Å². The van der Waals surface area contributed by atoms with Crippen molar-refractivity contribution in [1.29, 1.82) is 0 Å². The van der Waals surface area contributed by atoms with E-state index in [0.717, 1.165) is 17.9 Å². The van der Waals surface area contributed by atoms with Crippen molar-refractivity contribution in [2.75, 3.05) is 25.7 Å². The number of rotatable bonds is 9. The Hall–Kier alpha value is -1.71. The Labute approximate surface area is 149 Å². The first kappa shape index (κ1) is 18.6. The lowest BCUT2D eigenvalue weighted by atomic mass is 9.78. The first-order valence-electron chi connectivity index (χ1n) is 8.21. The molecule has 0 aliphatic carbocycles. The van der Waals surface area contributed by atoms with E-state index in [9.17, 15) is 0 Å². The monoisotopic (exact) mass is 348 g/mol. The first-order valence-corrected chi connectivity index (χ1v) is 8.75. The van der Waals surface area contributed by atoms with E-state index in [1.54, 1.807) is 0 Å². The van der Waals surface area contributed by atoms with Crippen molar-refractivity contribution >= 4 is 11.6 Å². The predicted molar refractivity (Wildman–Crippen MR) is 98.4 cm³/mol. The number of ether oxygens (including phenoxy) is 2. The van der Waals surface area contributed by atoms with Crippen LogP contribution in [0.15, 0.2) is 48.5 Å². The molecule has 4 heteroatoms. The van der Waals surface area contributed by atoms with E-state index in [0.29, 0.717) is 19.1 Å². The molecule has 0 aromatic heterocycles. The molecule has 0 atom stereocenters. The maximum Gasteiger partial charge on any atom is 0.119 e. The molecule has 3 nitrogen and oxygen atoms in total. The van der Waals surface area contributed by atoms with Gasteiger partial charge in [-0.3, -0.25) is 0 Å². The topological polar surface area (TPSA) is 38.7 Å². The summed E-state index contributed by atoms with van der Waals surface area (Å²) in [6.07, 6.45) is 0.847. The number of halogens is 1. The van der Waals surface area contributed by atoms with Gasteiger partial charge in [0.25, 0.3) is 0 Å². The van der Waals surface area contributed by atoms with Crippen molar-refractivity contribution in [3.05, 3.63) is 59.7 Å². The molecular weight excluding hydrogens is 324 g/mol. The number of aliphatic hydroxyl groups is 1. The third kappa shape index (κ3) is 4.89. The average Bonchev–Trinajstić information content (AvgIpc) is 2.61. The van der Waals surface area contributed by atoms with Crippen LogP contribution in [0.5, 0.6) is 11.5 Å². The molecule has 2 aromatic rings. The first-order chi connectivity index (χ1) is 11.6. The van der Waals surface area contributed by atoms with Crippen LogP contribution in [0.1, 0.15) is 31.4 Å². The highest BCUT2D eigenvalue weighted by Gasteiger charge is 2.23. The van der Waals surface area contributed by atoms with Crippen molar-refractivity contribution in [2.45, 2.75) is 25.7 Å². The fraction of sp³-hybridized carbons (Fsp3) is 0.400. The highest BCUT2D eigenvalue weighted by Crippen LogP contribution is 2.33. The van der Waals surface area contributed by atoms with Gasteiger partial charge in [0.1, 0.15) is 18.1 Å². The molecule has 0 aliphatic rings. The van der Waals surface area contributed by atoms with Crippen molar-refractivity contribution in [1.82, 2.24) is 0 Å². The smallest absolute Gasteiger partial charge is 0.119 e. The number of aliphatic hydroxyl groups excluding tert-OH is 1. The van der Waals surface area contributed by atoms with Crippen LogP contribution < -0.4 is 9.47 Å². The zero-order valence-electron chi connectivity index (χ0n) is 14.3. The van der Waals surface area contributed by atoms with E-state index in [2.05, 4.69) is 38.1 Å². The van der Waals surface area contributed by atoms with Crippen LogP contribution in [0.3, 0.4) is 0 Å². The van der Waals surface area contributed by atoms with Crippen LogP contribution in [-0.4, -0.2) is 30.8 Å². The minimum Gasteiger partial charge on any atom is -0.494 e. The minimum atomic E-state index is -0.121. The van der Waals surface area contributed by atoms with E-state index in [-0.39, 0.29) is 12.0 Å². The summed E-state index contributed by atoms with van der Waals surface area (Å²) in [7, 11) is 0. The van der Waals surface area contributed by atoms with Crippen LogP contribution in [-0.2, 0) is 5.41 Å². The Morgan fingerprint density at radius 3 is 1.71 bits per heavy atom. The number of hydrogen-bond acceptors (Lipinski definition) is 3. The maximum absolute atomic E-state index is 8.81. The fourth-order valence-corrected chi connectivity index (χ4v) is 2.62. The summed E-state index contributed by atoms with van der Waals surface area (Å²) in [6, 6.07) is 16.2. The summed E-state index contributed by atoms with van der Waals surface area (Å²) in [6.45, 7) is 5.36. The largest absolute Gasteiger partial charge is 0.494 e. The Morgan fingerprint density at radius 1 is 0.833 bits per heavy atom. The molecule has 24 heavy (non-hydrogen) atoms. The molecule has 0 unspecified atom stereocenters. The van der Waals surface area contributed by atoms with E-state index in [1.165, 1.54) is 11.1 Å². The lowest BCUT2D eigenvalue weighted by Gasteiger charge is -2.26. The van der Waals surface area contributed by atoms with Gasteiger partial charge in [-0.2, -0.15) is 0 Å². The molecule has 0 fully saturated rings. The second-order valence-corrected chi connectivity index (χ2v) is 6.51. The third-order valence-corrected chi connectivity index (χ3v) is 4.33. The van der Waals surface area contributed by atoms with Crippen molar-refractivity contribution < 1.29 is 14.6 Å². The van der Waals surface area contributed by atoms with Gasteiger partial charge in [0.05, 0.1) is 13.2 Å². The van der Waals surface area contributed by atoms with Crippen LogP contribution in [0.2, 0.25) is 0 Å². The average molecular weight is 349 g/mol. The molecular formula is C20H25ClO3. The number of hydrogen-bond donors (Lipinski definition) is 1. The second kappa shape index (κ2) is 8.95. The van der Waals surface area contributed by atoms with Crippen molar-refractivity contribution in [3.63, 3.8) is 0 Å². The van der Waals surface area contributed by atoms with Crippen molar-refractivity contribution in [2.24, 2.45) is 0 Å². The summed E-state index contributed by atoms with van der Waals surface area (Å²) in [4.78, 5) is 0. The van der Waals surface area contributed by atoms with Gasteiger partial charge in [-0.15, -0.1) is 11.6 Å². The zero-order chi connectivity index (χ0) is 17.4. The van der Waals surface area contributed by atoms with Crippen LogP contribution in [0.4, 0.5) is 0 Å². The van der Waals surface area contributed by atoms with Gasteiger partial charge in [0.2, 0.25) is 0 Å². The van der Waals surface area contributed by atoms with Crippen LogP contribution >= 0.6 is 11.6 Å². The fourth-order valence-electron chi connectivity index (χ4n) is 2.51. The molecule has 130 valence electrons. The molecule has 2 rings (SSSR count). The molecule has 0 spiro atoms. The third-order valence-electron chi connectivity index (χ3n) is 4.06. The molecule has 2 aromatic carbocycles. The molecule has 0 radical (unpaired) electrons. The molecule has 1 N–H and O–H groups in total. The van der Waals surface area contributed by atoms with E-state index in [1.807, 2.05) is 24.3 Å². The highest BCUT2D eigenvalue weighted by atomic mass is 35.5. The van der Waals surface area contributed by atoms with Gasteiger partial charge in [0.15, 0.2) is 0 Å². The van der Waals surface area contributed by atoms with Gasteiger partial charge in [-0.05, 0) is 41.8 Å². The molecule has 0 bridgehead atoms. The molecule has 0 saturated heterocycles. The lowest BCUT2D eigenvalue weighted by Crippen LogP contribution is -2.18. The van der Waals surface area contributed by atoms with Gasteiger partial charge >= 0.3 is 0 Å². The molecule has 0 saturated carbocycles. The van der Waals surface area contributed by atoms with Gasteiger partial charge < -0.3 is 14.6 Å². The Kier molecular flexibility index (Phi) is 6.95. The number of alkyl halides is 1. The molecule has 0 heterocycles. The predicted octanol–water partition coefficient (Wildman–Crippen LogP) is 4.39. The standard InChI is InChI=1S/C20H25ClO3/c1-20(2,17-6-10-19(11-7-17)24-15-13-22)16-4-8-18(9-5-16)23-14-3-12-21/h4-11,22H,3,12-15H2,1-2H3. The lowest BCUT2D eigenvalue weighted by molar-refractivity contribution is 0.201. The Bertz CT molecular complexity index is 606.